The largest absolute Gasteiger partial charge is 0.256 e. The van der Waals surface area contributed by atoms with Gasteiger partial charge < -0.3 is 0 Å². The summed E-state index contributed by atoms with van der Waals surface area (Å²) in [5.41, 5.74) is 1.33. The lowest BCUT2D eigenvalue weighted by atomic mass is 10.2. The van der Waals surface area contributed by atoms with E-state index >= 15 is 0 Å². The van der Waals surface area contributed by atoms with Gasteiger partial charge in [-0.15, -0.1) is 21.5 Å². The molecule has 7 heteroatoms. The summed E-state index contributed by atoms with van der Waals surface area (Å²) in [7, 11) is 0. The van der Waals surface area contributed by atoms with Gasteiger partial charge in [0.25, 0.3) is 0 Å². The van der Waals surface area contributed by atoms with E-state index in [0.29, 0.717) is 5.82 Å². The average molecular weight is 268 g/mol. The molecule has 0 saturated carbocycles. The Hall–Kier alpha value is -2.33. The molecule has 92 valence electrons. The SMILES string of the molecule is N#Cc1nncn1-c1ncnc2sc3c(c12)CCC3. The van der Waals surface area contributed by atoms with Gasteiger partial charge in [-0.05, 0) is 24.8 Å². The normalized spacial score (nSPS) is 13.6. The fourth-order valence-corrected chi connectivity index (χ4v) is 3.78. The third kappa shape index (κ3) is 1.40. The number of fused-ring (bicyclic) bond motifs is 3. The predicted molar refractivity (Wildman–Crippen MR) is 69.1 cm³/mol. The minimum absolute atomic E-state index is 0.248. The van der Waals surface area contributed by atoms with Crippen LogP contribution < -0.4 is 0 Å². The van der Waals surface area contributed by atoms with Crippen LogP contribution in [0.5, 0.6) is 0 Å². The summed E-state index contributed by atoms with van der Waals surface area (Å²) in [6.07, 6.45) is 6.41. The highest BCUT2D eigenvalue weighted by Crippen LogP contribution is 2.38. The standard InChI is InChI=1S/C12H8N6S/c13-4-9-17-16-6-18(9)11-10-7-2-1-3-8(7)19-12(10)15-5-14-11/h5-6H,1-3H2. The second kappa shape index (κ2) is 3.83. The first kappa shape index (κ1) is 10.6. The van der Waals surface area contributed by atoms with Crippen molar-refractivity contribution in [3.8, 4) is 11.9 Å². The molecule has 0 aromatic carbocycles. The summed E-state index contributed by atoms with van der Waals surface area (Å²) in [4.78, 5) is 11.0. The van der Waals surface area contributed by atoms with Crippen molar-refractivity contribution < 1.29 is 0 Å². The Morgan fingerprint density at radius 1 is 1.32 bits per heavy atom. The van der Waals surface area contributed by atoms with Crippen LogP contribution in [0.3, 0.4) is 0 Å². The van der Waals surface area contributed by atoms with Crippen molar-refractivity contribution in [3.05, 3.63) is 28.9 Å². The van der Waals surface area contributed by atoms with Crippen LogP contribution >= 0.6 is 11.3 Å². The van der Waals surface area contributed by atoms with Crippen LogP contribution in [-0.2, 0) is 12.8 Å². The summed E-state index contributed by atoms with van der Waals surface area (Å²) in [6.45, 7) is 0. The topological polar surface area (TPSA) is 80.3 Å². The molecular formula is C12H8N6S. The second-order valence-electron chi connectivity index (χ2n) is 4.37. The Morgan fingerprint density at radius 2 is 2.26 bits per heavy atom. The molecule has 0 N–H and O–H groups in total. The number of rotatable bonds is 1. The summed E-state index contributed by atoms with van der Waals surface area (Å²) in [5.74, 6) is 0.962. The van der Waals surface area contributed by atoms with E-state index in [1.54, 1.807) is 15.9 Å². The first-order chi connectivity index (χ1) is 9.38. The van der Waals surface area contributed by atoms with E-state index in [4.69, 9.17) is 5.26 Å². The number of nitriles is 1. The minimum atomic E-state index is 0.248. The van der Waals surface area contributed by atoms with Gasteiger partial charge in [0.05, 0.1) is 5.39 Å². The van der Waals surface area contributed by atoms with E-state index < -0.39 is 0 Å². The number of hydrogen-bond donors (Lipinski definition) is 0. The summed E-state index contributed by atoms with van der Waals surface area (Å²) >= 11 is 1.72. The van der Waals surface area contributed by atoms with Crippen molar-refractivity contribution in [1.82, 2.24) is 24.7 Å². The smallest absolute Gasteiger partial charge is 0.240 e. The first-order valence-electron chi connectivity index (χ1n) is 5.94. The van der Waals surface area contributed by atoms with Gasteiger partial charge in [-0.1, -0.05) is 0 Å². The van der Waals surface area contributed by atoms with Crippen molar-refractivity contribution in [2.75, 3.05) is 0 Å². The third-order valence-electron chi connectivity index (χ3n) is 3.36. The van der Waals surface area contributed by atoms with Gasteiger partial charge in [-0.2, -0.15) is 5.26 Å². The molecular weight excluding hydrogens is 260 g/mol. The van der Waals surface area contributed by atoms with E-state index in [0.717, 1.165) is 23.1 Å². The summed E-state index contributed by atoms with van der Waals surface area (Å²) in [5, 5.41) is 17.7. The summed E-state index contributed by atoms with van der Waals surface area (Å²) < 4.78 is 1.63. The van der Waals surface area contributed by atoms with E-state index in [1.165, 1.54) is 29.5 Å². The lowest BCUT2D eigenvalue weighted by Crippen LogP contribution is -2.01. The van der Waals surface area contributed by atoms with Crippen molar-refractivity contribution >= 4 is 21.6 Å². The predicted octanol–water partition coefficient (Wildman–Crippen LogP) is 1.63. The van der Waals surface area contributed by atoms with Gasteiger partial charge in [0.1, 0.15) is 23.6 Å². The van der Waals surface area contributed by atoms with Gasteiger partial charge in [0, 0.05) is 4.88 Å². The van der Waals surface area contributed by atoms with Crippen LogP contribution in [0.15, 0.2) is 12.7 Å². The molecule has 0 fully saturated rings. The highest BCUT2D eigenvalue weighted by molar-refractivity contribution is 7.19. The maximum atomic E-state index is 9.07. The molecule has 0 saturated heterocycles. The van der Waals surface area contributed by atoms with E-state index in [-0.39, 0.29) is 5.82 Å². The van der Waals surface area contributed by atoms with Crippen molar-refractivity contribution in [1.29, 1.82) is 5.26 Å². The van der Waals surface area contributed by atoms with Crippen molar-refractivity contribution in [2.45, 2.75) is 19.3 Å². The maximum Gasteiger partial charge on any atom is 0.240 e. The van der Waals surface area contributed by atoms with E-state index in [2.05, 4.69) is 20.2 Å². The molecule has 1 aliphatic rings. The van der Waals surface area contributed by atoms with Crippen LogP contribution in [-0.4, -0.2) is 24.7 Å². The molecule has 0 unspecified atom stereocenters. The Bertz CT molecular complexity index is 824. The average Bonchev–Trinajstić information content (AvgIpc) is 3.12. The Balaban J connectivity index is 2.08. The molecule has 0 bridgehead atoms. The molecule has 4 rings (SSSR count). The molecule has 0 amide bonds. The first-order valence-corrected chi connectivity index (χ1v) is 6.76. The molecule has 19 heavy (non-hydrogen) atoms. The van der Waals surface area contributed by atoms with Crippen LogP contribution in [0.4, 0.5) is 0 Å². The molecule has 0 aliphatic heterocycles. The Kier molecular flexibility index (Phi) is 2.13. The number of aromatic nitrogens is 5. The van der Waals surface area contributed by atoms with E-state index in [9.17, 15) is 0 Å². The Morgan fingerprint density at radius 3 is 3.16 bits per heavy atom. The zero-order chi connectivity index (χ0) is 12.8. The van der Waals surface area contributed by atoms with Crippen molar-refractivity contribution in [3.63, 3.8) is 0 Å². The molecule has 0 atom stereocenters. The molecule has 6 nitrogen and oxygen atoms in total. The van der Waals surface area contributed by atoms with Crippen molar-refractivity contribution in [2.24, 2.45) is 0 Å². The lowest BCUT2D eigenvalue weighted by Gasteiger charge is -2.04. The molecule has 1 aliphatic carbocycles. The van der Waals surface area contributed by atoms with Crippen LogP contribution in [0.2, 0.25) is 0 Å². The van der Waals surface area contributed by atoms with E-state index in [1.807, 2.05) is 6.07 Å². The molecule has 3 heterocycles. The number of thiophene rings is 1. The highest BCUT2D eigenvalue weighted by Gasteiger charge is 2.22. The second-order valence-corrected chi connectivity index (χ2v) is 5.45. The molecule has 0 radical (unpaired) electrons. The molecule has 3 aromatic rings. The minimum Gasteiger partial charge on any atom is -0.256 e. The van der Waals surface area contributed by atoms with Gasteiger partial charge >= 0.3 is 0 Å². The van der Waals surface area contributed by atoms with Crippen LogP contribution in [0, 0.1) is 11.3 Å². The van der Waals surface area contributed by atoms with Crippen LogP contribution in [0.1, 0.15) is 22.7 Å². The zero-order valence-corrected chi connectivity index (χ0v) is 10.7. The maximum absolute atomic E-state index is 9.07. The lowest BCUT2D eigenvalue weighted by molar-refractivity contribution is 0.914. The third-order valence-corrected chi connectivity index (χ3v) is 4.56. The summed E-state index contributed by atoms with van der Waals surface area (Å²) in [6, 6.07) is 2.03. The van der Waals surface area contributed by atoms with Gasteiger partial charge in [-0.25, -0.2) is 9.97 Å². The fourth-order valence-electron chi connectivity index (χ4n) is 2.56. The monoisotopic (exact) mass is 268 g/mol. The van der Waals surface area contributed by atoms with Crippen LogP contribution in [0.25, 0.3) is 16.0 Å². The Labute approximate surface area is 112 Å². The fraction of sp³-hybridized carbons (Fsp3) is 0.250. The van der Waals surface area contributed by atoms with Gasteiger partial charge in [0.2, 0.25) is 5.82 Å². The number of aryl methyl sites for hydroxylation is 2. The number of nitrogens with zero attached hydrogens (tertiary/aromatic N) is 6. The van der Waals surface area contributed by atoms with Gasteiger partial charge in [-0.3, -0.25) is 4.57 Å². The zero-order valence-electron chi connectivity index (χ0n) is 9.87. The van der Waals surface area contributed by atoms with Gasteiger partial charge in [0.15, 0.2) is 5.82 Å². The molecule has 0 spiro atoms. The molecule has 3 aromatic heterocycles. The number of hydrogen-bond acceptors (Lipinski definition) is 6. The quantitative estimate of drug-likeness (QED) is 0.670. The highest BCUT2D eigenvalue weighted by atomic mass is 32.1.